The van der Waals surface area contributed by atoms with Gasteiger partial charge in [-0.25, -0.2) is 4.79 Å². The summed E-state index contributed by atoms with van der Waals surface area (Å²) in [5.41, 5.74) is 0. The second kappa shape index (κ2) is 8.02. The highest BCUT2D eigenvalue weighted by Crippen LogP contribution is 2.24. The van der Waals surface area contributed by atoms with Gasteiger partial charge in [-0.15, -0.1) is 0 Å². The van der Waals surface area contributed by atoms with E-state index in [1.54, 1.807) is 0 Å². The summed E-state index contributed by atoms with van der Waals surface area (Å²) in [6, 6.07) is -0.277. The molecule has 1 rings (SSSR count). The Morgan fingerprint density at radius 1 is 1.26 bits per heavy atom. The van der Waals surface area contributed by atoms with Crippen molar-refractivity contribution in [3.05, 3.63) is 0 Å². The lowest BCUT2D eigenvalue weighted by Crippen LogP contribution is -2.50. The van der Waals surface area contributed by atoms with Crippen molar-refractivity contribution >= 4 is 12.0 Å². The third-order valence-corrected chi connectivity index (χ3v) is 3.86. The van der Waals surface area contributed by atoms with Crippen molar-refractivity contribution in [1.29, 1.82) is 0 Å². The van der Waals surface area contributed by atoms with Gasteiger partial charge in [0.05, 0.1) is 5.92 Å². The van der Waals surface area contributed by atoms with Crippen LogP contribution in [-0.4, -0.2) is 29.2 Å². The highest BCUT2D eigenvalue weighted by atomic mass is 16.4. The highest BCUT2D eigenvalue weighted by Gasteiger charge is 2.31. The van der Waals surface area contributed by atoms with Gasteiger partial charge in [0.25, 0.3) is 0 Å². The summed E-state index contributed by atoms with van der Waals surface area (Å²) in [7, 11) is 0. The number of carbonyl (C=O) groups excluding carboxylic acids is 1. The number of carboxylic acid groups (broad SMARTS) is 1. The fraction of sp³-hybridized carbons (Fsp3) is 0.857. The van der Waals surface area contributed by atoms with E-state index in [1.165, 1.54) is 0 Å². The summed E-state index contributed by atoms with van der Waals surface area (Å²) >= 11 is 0. The first-order valence-corrected chi connectivity index (χ1v) is 7.38. The van der Waals surface area contributed by atoms with Gasteiger partial charge in [-0.1, -0.05) is 33.1 Å². The van der Waals surface area contributed by atoms with Crippen molar-refractivity contribution < 1.29 is 14.7 Å². The fourth-order valence-electron chi connectivity index (χ4n) is 2.72. The van der Waals surface area contributed by atoms with Crippen molar-refractivity contribution in [2.45, 2.75) is 70.9 Å². The summed E-state index contributed by atoms with van der Waals surface area (Å²) in [4.78, 5) is 23.1. The van der Waals surface area contributed by atoms with Crippen LogP contribution in [0.4, 0.5) is 4.79 Å². The predicted molar refractivity (Wildman–Crippen MR) is 74.0 cm³/mol. The van der Waals surface area contributed by atoms with Crippen molar-refractivity contribution in [1.82, 2.24) is 10.6 Å². The van der Waals surface area contributed by atoms with Gasteiger partial charge in [-0.3, -0.25) is 4.79 Å². The molecule has 0 aromatic rings. The molecule has 1 fully saturated rings. The lowest BCUT2D eigenvalue weighted by Gasteiger charge is -2.30. The standard InChI is InChI=1S/C14H26N2O3/c1-3-7-10(4-2)15-14(19)16-12-9-6-5-8-11(12)13(17)18/h10-12H,3-9H2,1-2H3,(H,17,18)(H2,15,16,19). The van der Waals surface area contributed by atoms with Crippen LogP contribution in [0.5, 0.6) is 0 Å². The molecule has 19 heavy (non-hydrogen) atoms. The third kappa shape index (κ3) is 5.09. The van der Waals surface area contributed by atoms with Crippen molar-refractivity contribution in [3.63, 3.8) is 0 Å². The van der Waals surface area contributed by atoms with E-state index in [0.29, 0.717) is 6.42 Å². The van der Waals surface area contributed by atoms with Gasteiger partial charge in [0.1, 0.15) is 0 Å². The fourth-order valence-corrected chi connectivity index (χ4v) is 2.72. The average Bonchev–Trinajstić information content (AvgIpc) is 2.38. The second-order valence-electron chi connectivity index (χ2n) is 5.35. The lowest BCUT2D eigenvalue weighted by molar-refractivity contribution is -0.143. The Bertz CT molecular complexity index is 307. The molecule has 0 saturated heterocycles. The second-order valence-corrected chi connectivity index (χ2v) is 5.35. The van der Waals surface area contributed by atoms with Gasteiger partial charge in [-0.2, -0.15) is 0 Å². The number of carbonyl (C=O) groups is 2. The summed E-state index contributed by atoms with van der Waals surface area (Å²) in [5, 5.41) is 14.9. The van der Waals surface area contributed by atoms with E-state index in [1.807, 2.05) is 6.92 Å². The molecule has 0 aliphatic heterocycles. The van der Waals surface area contributed by atoms with Crippen LogP contribution in [0.2, 0.25) is 0 Å². The Balaban J connectivity index is 2.47. The zero-order chi connectivity index (χ0) is 14.3. The Morgan fingerprint density at radius 3 is 2.53 bits per heavy atom. The maximum atomic E-state index is 11.9. The SMILES string of the molecule is CCCC(CC)NC(=O)NC1CCCCC1C(=O)O. The van der Waals surface area contributed by atoms with Crippen molar-refractivity contribution in [2.24, 2.45) is 5.92 Å². The molecule has 5 nitrogen and oxygen atoms in total. The molecule has 3 N–H and O–H groups in total. The molecular formula is C14H26N2O3. The molecule has 3 atom stereocenters. The summed E-state index contributed by atoms with van der Waals surface area (Å²) < 4.78 is 0. The van der Waals surface area contributed by atoms with E-state index in [9.17, 15) is 9.59 Å². The largest absolute Gasteiger partial charge is 0.481 e. The monoisotopic (exact) mass is 270 g/mol. The van der Waals surface area contributed by atoms with Crippen molar-refractivity contribution in [2.75, 3.05) is 0 Å². The normalized spacial score (nSPS) is 24.5. The number of rotatable bonds is 6. The van der Waals surface area contributed by atoms with Gasteiger partial charge in [0.15, 0.2) is 0 Å². The van der Waals surface area contributed by atoms with Gasteiger partial charge < -0.3 is 15.7 Å². The Morgan fingerprint density at radius 2 is 1.95 bits per heavy atom. The van der Waals surface area contributed by atoms with E-state index < -0.39 is 11.9 Å². The van der Waals surface area contributed by atoms with Crippen LogP contribution in [-0.2, 0) is 4.79 Å². The Labute approximate surface area is 115 Å². The van der Waals surface area contributed by atoms with Crippen LogP contribution in [0.3, 0.4) is 0 Å². The van der Waals surface area contributed by atoms with Gasteiger partial charge in [0.2, 0.25) is 0 Å². The smallest absolute Gasteiger partial charge is 0.315 e. The molecule has 0 spiro atoms. The number of hydrogen-bond donors (Lipinski definition) is 3. The maximum Gasteiger partial charge on any atom is 0.315 e. The van der Waals surface area contributed by atoms with Crippen LogP contribution in [0.15, 0.2) is 0 Å². The van der Waals surface area contributed by atoms with E-state index in [4.69, 9.17) is 5.11 Å². The first kappa shape index (κ1) is 15.8. The van der Waals surface area contributed by atoms with Gasteiger partial charge in [0, 0.05) is 12.1 Å². The Kier molecular flexibility index (Phi) is 6.67. The molecule has 0 radical (unpaired) electrons. The number of amides is 2. The summed E-state index contributed by atoms with van der Waals surface area (Å²) in [6.45, 7) is 4.13. The molecular weight excluding hydrogens is 244 g/mol. The number of hydrogen-bond acceptors (Lipinski definition) is 2. The van der Waals surface area contributed by atoms with E-state index in [-0.39, 0.29) is 18.1 Å². The van der Waals surface area contributed by atoms with Crippen LogP contribution in [0.25, 0.3) is 0 Å². The molecule has 1 saturated carbocycles. The average molecular weight is 270 g/mol. The zero-order valence-corrected chi connectivity index (χ0v) is 11.9. The predicted octanol–water partition coefficient (Wildman–Crippen LogP) is 2.51. The maximum absolute atomic E-state index is 11.9. The number of urea groups is 1. The quantitative estimate of drug-likeness (QED) is 0.694. The molecule has 1 aliphatic carbocycles. The summed E-state index contributed by atoms with van der Waals surface area (Å²) in [6.07, 6.45) is 6.22. The van der Waals surface area contributed by atoms with Gasteiger partial charge in [-0.05, 0) is 25.7 Å². The lowest BCUT2D eigenvalue weighted by atomic mass is 9.84. The zero-order valence-electron chi connectivity index (χ0n) is 11.9. The van der Waals surface area contributed by atoms with E-state index in [0.717, 1.165) is 38.5 Å². The molecule has 5 heteroatoms. The molecule has 0 aromatic heterocycles. The topological polar surface area (TPSA) is 78.4 Å². The van der Waals surface area contributed by atoms with E-state index in [2.05, 4.69) is 17.6 Å². The number of aliphatic carboxylic acids is 1. The van der Waals surface area contributed by atoms with Crippen LogP contribution >= 0.6 is 0 Å². The van der Waals surface area contributed by atoms with E-state index >= 15 is 0 Å². The number of carboxylic acids is 1. The minimum Gasteiger partial charge on any atom is -0.481 e. The van der Waals surface area contributed by atoms with Crippen molar-refractivity contribution in [3.8, 4) is 0 Å². The molecule has 0 bridgehead atoms. The van der Waals surface area contributed by atoms with Gasteiger partial charge >= 0.3 is 12.0 Å². The van der Waals surface area contributed by atoms with Crippen LogP contribution in [0, 0.1) is 5.92 Å². The molecule has 110 valence electrons. The summed E-state index contributed by atoms with van der Waals surface area (Å²) in [5.74, 6) is -1.24. The van der Waals surface area contributed by atoms with Crippen LogP contribution < -0.4 is 10.6 Å². The molecule has 2 amide bonds. The Hall–Kier alpha value is -1.26. The molecule has 1 aliphatic rings. The molecule has 0 aromatic carbocycles. The minimum atomic E-state index is -0.800. The van der Waals surface area contributed by atoms with Crippen LogP contribution in [0.1, 0.15) is 58.8 Å². The minimum absolute atomic E-state index is 0.178. The third-order valence-electron chi connectivity index (χ3n) is 3.86. The first-order valence-electron chi connectivity index (χ1n) is 7.38. The number of nitrogens with one attached hydrogen (secondary N) is 2. The first-order chi connectivity index (χ1) is 9.08. The molecule has 0 heterocycles. The highest BCUT2D eigenvalue weighted by molar-refractivity contribution is 5.77. The molecule has 3 unspecified atom stereocenters.